The molecule has 1 rings (SSSR count). The molecular formula is C9H13ClO4Se. The second-order valence-electron chi connectivity index (χ2n) is 3.05. The predicted molar refractivity (Wildman–Crippen MR) is 49.3 cm³/mol. The molecule has 1 aromatic rings. The van der Waals surface area contributed by atoms with E-state index in [-0.39, 0.29) is 0 Å². The van der Waals surface area contributed by atoms with Gasteiger partial charge >= 0.3 is 93.6 Å². The van der Waals surface area contributed by atoms with Crippen molar-refractivity contribution in [3.8, 4) is 0 Å². The molecule has 0 amide bonds. The molecule has 15 heavy (non-hydrogen) atoms. The summed E-state index contributed by atoms with van der Waals surface area (Å²) in [5.41, 5.74) is 0. The Balaban J connectivity index is 2.96. The Bertz CT molecular complexity index is 314. The third kappa shape index (κ3) is 3.74. The van der Waals surface area contributed by atoms with Crippen LogP contribution in [0.15, 0.2) is 30.3 Å². The summed E-state index contributed by atoms with van der Waals surface area (Å²) in [5.74, 6) is 1.73. The maximum atomic E-state index is 10.6. The molecule has 6 heteroatoms. The first-order valence-corrected chi connectivity index (χ1v) is 10.0. The average molecular weight is 300 g/mol. The summed E-state index contributed by atoms with van der Waals surface area (Å²) in [6.45, 7) is 1.83. The molecule has 0 spiro atoms. The van der Waals surface area contributed by atoms with Gasteiger partial charge in [0.05, 0.1) is 0 Å². The fourth-order valence-corrected chi connectivity index (χ4v) is 7.03. The van der Waals surface area contributed by atoms with Gasteiger partial charge in [-0.1, -0.05) is 0 Å². The molecule has 86 valence electrons. The third-order valence-corrected chi connectivity index (χ3v) is 10.1. The minimum absolute atomic E-state index is 0.551. The van der Waals surface area contributed by atoms with E-state index in [0.29, 0.717) is 5.32 Å². The molecule has 0 N–H and O–H groups in total. The molecule has 1 atom stereocenters. The predicted octanol–water partition coefficient (Wildman–Crippen LogP) is -1.60. The van der Waals surface area contributed by atoms with Crippen molar-refractivity contribution < 1.29 is 27.6 Å². The van der Waals surface area contributed by atoms with E-state index >= 15 is 0 Å². The number of hydrogen-bond acceptors (Lipinski definition) is 4. The standard InChI is InChI=1S/C9H13ClO4Se/c1-3-15(2,14-10(11,12)13)9-7-5-4-6-8-9/h4-8H,3H2,1-2H3. The molecule has 0 aliphatic rings. The maximum absolute atomic E-state index is 10.6. The van der Waals surface area contributed by atoms with Gasteiger partial charge in [0.15, 0.2) is 0 Å². The van der Waals surface area contributed by atoms with Gasteiger partial charge in [-0.05, 0) is 0 Å². The quantitative estimate of drug-likeness (QED) is 0.628. The molecule has 0 radical (unpaired) electrons. The summed E-state index contributed by atoms with van der Waals surface area (Å²) in [4.78, 5) is 0. The first kappa shape index (κ1) is 12.9. The van der Waals surface area contributed by atoms with Crippen LogP contribution in [0.4, 0.5) is 0 Å². The molecule has 0 aromatic heterocycles. The van der Waals surface area contributed by atoms with Gasteiger partial charge in [0.1, 0.15) is 0 Å². The number of halogens is 1. The first-order valence-electron chi connectivity index (χ1n) is 4.30. The topological polar surface area (TPSA) is 78.4 Å². The Hall–Kier alpha value is -0.131. The molecule has 0 aliphatic carbocycles. The van der Waals surface area contributed by atoms with Gasteiger partial charge in [0.25, 0.3) is 0 Å². The fraction of sp³-hybridized carbons (Fsp3) is 0.333. The van der Waals surface area contributed by atoms with Gasteiger partial charge in [-0.3, -0.25) is 0 Å². The molecule has 1 aromatic carbocycles. The van der Waals surface area contributed by atoms with E-state index in [2.05, 4.69) is 0 Å². The SMILES string of the molecule is CC[Se](C)(O[Cl+3]([O-])([O-])[O-])c1ccccc1. The van der Waals surface area contributed by atoms with Crippen LogP contribution in [0.3, 0.4) is 0 Å². The molecule has 0 heterocycles. The number of hydrogen-bond donors (Lipinski definition) is 0. The zero-order chi connectivity index (χ0) is 11.5. The summed E-state index contributed by atoms with van der Waals surface area (Å²) >= 11 is -2.84. The van der Waals surface area contributed by atoms with Crippen LogP contribution < -0.4 is 18.4 Å². The minimum atomic E-state index is -4.35. The molecule has 4 nitrogen and oxygen atoms in total. The molecule has 0 bridgehead atoms. The van der Waals surface area contributed by atoms with Crippen LogP contribution in [0.25, 0.3) is 0 Å². The van der Waals surface area contributed by atoms with Gasteiger partial charge in [-0.25, -0.2) is 0 Å². The van der Waals surface area contributed by atoms with Crippen molar-refractivity contribution in [3.05, 3.63) is 30.3 Å². The Morgan fingerprint density at radius 2 is 1.73 bits per heavy atom. The van der Waals surface area contributed by atoms with Crippen LogP contribution in [0.5, 0.6) is 0 Å². The van der Waals surface area contributed by atoms with Crippen molar-refractivity contribution >= 4 is 17.6 Å². The molecule has 0 aliphatic heterocycles. The second kappa shape index (κ2) is 4.80. The third-order valence-electron chi connectivity index (χ3n) is 2.01. The van der Waals surface area contributed by atoms with Crippen molar-refractivity contribution in [2.45, 2.75) is 18.1 Å². The van der Waals surface area contributed by atoms with Crippen LogP contribution in [-0.2, 0) is 3.37 Å². The van der Waals surface area contributed by atoms with Crippen LogP contribution in [0.1, 0.15) is 6.92 Å². The van der Waals surface area contributed by atoms with Crippen molar-refractivity contribution in [2.75, 3.05) is 0 Å². The van der Waals surface area contributed by atoms with Crippen LogP contribution in [0.2, 0.25) is 11.1 Å². The zero-order valence-corrected chi connectivity index (χ0v) is 11.0. The Morgan fingerprint density at radius 1 is 1.20 bits per heavy atom. The molecule has 0 fully saturated rings. The number of benzene rings is 1. The summed E-state index contributed by atoms with van der Waals surface area (Å²) in [6.07, 6.45) is 0. The molecule has 1 unspecified atom stereocenters. The van der Waals surface area contributed by atoms with Crippen molar-refractivity contribution in [1.29, 1.82) is 0 Å². The summed E-state index contributed by atoms with van der Waals surface area (Å²) in [5, 5.41) is 0.551. The zero-order valence-electron chi connectivity index (χ0n) is 8.51. The Morgan fingerprint density at radius 3 is 2.13 bits per heavy atom. The van der Waals surface area contributed by atoms with E-state index in [4.69, 9.17) is 3.37 Å². The van der Waals surface area contributed by atoms with Crippen molar-refractivity contribution in [1.82, 2.24) is 0 Å². The Kier molecular flexibility index (Phi) is 4.14. The summed E-state index contributed by atoms with van der Waals surface area (Å²) < 4.78 is 37.4. The van der Waals surface area contributed by atoms with Crippen molar-refractivity contribution in [2.24, 2.45) is 0 Å². The first-order chi connectivity index (χ1) is 6.87. The monoisotopic (exact) mass is 300 g/mol. The van der Waals surface area contributed by atoms with E-state index < -0.39 is 23.4 Å². The van der Waals surface area contributed by atoms with E-state index in [9.17, 15) is 14.0 Å². The molecule has 0 saturated carbocycles. The van der Waals surface area contributed by atoms with E-state index in [1.165, 1.54) is 0 Å². The van der Waals surface area contributed by atoms with Gasteiger partial charge in [-0.15, -0.1) is 0 Å². The summed E-state index contributed by atoms with van der Waals surface area (Å²) in [6, 6.07) is 9.03. The van der Waals surface area contributed by atoms with Gasteiger partial charge in [0, 0.05) is 0 Å². The van der Waals surface area contributed by atoms with Gasteiger partial charge in [-0.2, -0.15) is 0 Å². The van der Waals surface area contributed by atoms with E-state index in [1.807, 2.05) is 13.0 Å². The van der Waals surface area contributed by atoms with E-state index in [0.717, 1.165) is 4.46 Å². The van der Waals surface area contributed by atoms with Gasteiger partial charge < -0.3 is 0 Å². The number of rotatable bonds is 4. The van der Waals surface area contributed by atoms with Crippen molar-refractivity contribution in [3.63, 3.8) is 0 Å². The Labute approximate surface area is 93.8 Å². The summed E-state index contributed by atoms with van der Waals surface area (Å²) in [7, 11) is -4.35. The van der Waals surface area contributed by atoms with Gasteiger partial charge in [0.2, 0.25) is 0 Å². The second-order valence-corrected chi connectivity index (χ2v) is 11.1. The average Bonchev–Trinajstić information content (AvgIpc) is 2.16. The molecular weight excluding hydrogens is 287 g/mol. The van der Waals surface area contributed by atoms with Crippen LogP contribution >= 0.6 is 0 Å². The van der Waals surface area contributed by atoms with Crippen LogP contribution in [-0.4, -0.2) is 13.2 Å². The van der Waals surface area contributed by atoms with E-state index in [1.54, 1.807) is 30.1 Å². The molecule has 0 saturated heterocycles. The van der Waals surface area contributed by atoms with Crippen LogP contribution in [0, 0.1) is 10.2 Å². The normalized spacial score (nSPS) is 18.2. The fourth-order valence-electron chi connectivity index (χ4n) is 1.13.